The Morgan fingerprint density at radius 1 is 1.33 bits per heavy atom. The van der Waals surface area contributed by atoms with E-state index in [1.54, 1.807) is 23.5 Å². The van der Waals surface area contributed by atoms with Crippen molar-refractivity contribution >= 4 is 29.0 Å². The van der Waals surface area contributed by atoms with E-state index < -0.39 is 0 Å². The van der Waals surface area contributed by atoms with Crippen molar-refractivity contribution in [3.63, 3.8) is 0 Å². The first-order valence-electron chi connectivity index (χ1n) is 8.01. The molecule has 1 aliphatic heterocycles. The largest absolute Gasteiger partial charge is 0.376 e. The van der Waals surface area contributed by atoms with Crippen molar-refractivity contribution in [1.29, 1.82) is 0 Å². The molecule has 1 amide bonds. The molecule has 1 atom stereocenters. The fraction of sp³-hybridized carbons (Fsp3) is 0.389. The van der Waals surface area contributed by atoms with Crippen molar-refractivity contribution < 1.29 is 13.9 Å². The highest BCUT2D eigenvalue weighted by Gasteiger charge is 2.23. The number of carbonyl (C=O) groups is 1. The lowest BCUT2D eigenvalue weighted by Crippen LogP contribution is -2.37. The monoisotopic (exact) mass is 365 g/mol. The Balaban J connectivity index is 1.59. The SMILES string of the molecule is O=C(CSc1ccc(F)cc1)N(Cc1cccs1)CC1CCCO1. The molecule has 1 unspecified atom stereocenters. The molecule has 1 aromatic carbocycles. The highest BCUT2D eigenvalue weighted by Crippen LogP contribution is 2.21. The summed E-state index contributed by atoms with van der Waals surface area (Å²) in [6.45, 7) is 2.05. The first-order valence-corrected chi connectivity index (χ1v) is 9.87. The van der Waals surface area contributed by atoms with Gasteiger partial charge in [0.1, 0.15) is 5.82 Å². The summed E-state index contributed by atoms with van der Waals surface area (Å²) in [5.74, 6) is 0.181. The van der Waals surface area contributed by atoms with Crippen molar-refractivity contribution in [3.8, 4) is 0 Å². The Bertz CT molecular complexity index is 640. The highest BCUT2D eigenvalue weighted by atomic mass is 32.2. The van der Waals surface area contributed by atoms with Gasteiger partial charge in [0.05, 0.1) is 18.4 Å². The molecule has 0 bridgehead atoms. The van der Waals surface area contributed by atoms with Gasteiger partial charge >= 0.3 is 0 Å². The summed E-state index contributed by atoms with van der Waals surface area (Å²) < 4.78 is 18.6. The highest BCUT2D eigenvalue weighted by molar-refractivity contribution is 8.00. The summed E-state index contributed by atoms with van der Waals surface area (Å²) in [5, 5.41) is 2.03. The van der Waals surface area contributed by atoms with Crippen LogP contribution in [0.1, 0.15) is 17.7 Å². The summed E-state index contributed by atoms with van der Waals surface area (Å²) in [7, 11) is 0. The van der Waals surface area contributed by atoms with Crippen LogP contribution < -0.4 is 0 Å². The number of amides is 1. The molecule has 0 N–H and O–H groups in total. The minimum absolute atomic E-state index is 0.0909. The van der Waals surface area contributed by atoms with Gasteiger partial charge in [-0.15, -0.1) is 23.1 Å². The fourth-order valence-corrected chi connectivity index (χ4v) is 4.17. The van der Waals surface area contributed by atoms with Crippen molar-refractivity contribution in [2.45, 2.75) is 30.4 Å². The van der Waals surface area contributed by atoms with Crippen LogP contribution in [0.15, 0.2) is 46.7 Å². The molecule has 3 nitrogen and oxygen atoms in total. The van der Waals surface area contributed by atoms with E-state index in [1.807, 2.05) is 22.4 Å². The number of thioether (sulfide) groups is 1. The summed E-state index contributed by atoms with van der Waals surface area (Å²) in [6.07, 6.45) is 2.22. The van der Waals surface area contributed by atoms with Gasteiger partial charge in [-0.05, 0) is 48.6 Å². The van der Waals surface area contributed by atoms with Crippen LogP contribution in [0.2, 0.25) is 0 Å². The van der Waals surface area contributed by atoms with Crippen LogP contribution in [0.5, 0.6) is 0 Å². The fourth-order valence-electron chi connectivity index (χ4n) is 2.65. The summed E-state index contributed by atoms with van der Waals surface area (Å²) >= 11 is 3.10. The molecule has 2 aromatic rings. The molecule has 1 fully saturated rings. The van der Waals surface area contributed by atoms with E-state index in [-0.39, 0.29) is 17.8 Å². The first kappa shape index (κ1) is 17.5. The van der Waals surface area contributed by atoms with E-state index in [0.717, 1.165) is 24.3 Å². The Morgan fingerprint density at radius 3 is 2.83 bits per heavy atom. The third kappa shape index (κ3) is 5.06. The molecule has 3 rings (SSSR count). The molecule has 0 saturated carbocycles. The molecule has 1 aliphatic rings. The molecule has 0 radical (unpaired) electrons. The number of halogens is 1. The van der Waals surface area contributed by atoms with Crippen LogP contribution in [0.3, 0.4) is 0 Å². The Morgan fingerprint density at radius 2 is 2.17 bits per heavy atom. The topological polar surface area (TPSA) is 29.5 Å². The van der Waals surface area contributed by atoms with Gasteiger partial charge in [-0.1, -0.05) is 6.07 Å². The average molecular weight is 365 g/mol. The van der Waals surface area contributed by atoms with Crippen LogP contribution >= 0.6 is 23.1 Å². The van der Waals surface area contributed by atoms with Crippen LogP contribution in [-0.4, -0.2) is 35.8 Å². The van der Waals surface area contributed by atoms with Crippen molar-refractivity contribution in [2.75, 3.05) is 18.9 Å². The lowest BCUT2D eigenvalue weighted by Gasteiger charge is -2.25. The molecule has 0 aliphatic carbocycles. The Hall–Kier alpha value is -1.37. The third-order valence-corrected chi connectivity index (χ3v) is 5.76. The lowest BCUT2D eigenvalue weighted by atomic mass is 10.2. The zero-order valence-corrected chi connectivity index (χ0v) is 15.0. The van der Waals surface area contributed by atoms with Gasteiger partial charge in [0.25, 0.3) is 0 Å². The summed E-state index contributed by atoms with van der Waals surface area (Å²) in [6, 6.07) is 10.3. The number of carbonyl (C=O) groups excluding carboxylic acids is 1. The maximum Gasteiger partial charge on any atom is 0.233 e. The van der Waals surface area contributed by atoms with Gasteiger partial charge in [-0.3, -0.25) is 4.79 Å². The van der Waals surface area contributed by atoms with E-state index in [1.165, 1.54) is 28.8 Å². The van der Waals surface area contributed by atoms with E-state index in [2.05, 4.69) is 0 Å². The van der Waals surface area contributed by atoms with E-state index in [9.17, 15) is 9.18 Å². The molecule has 24 heavy (non-hydrogen) atoms. The average Bonchev–Trinajstić information content (AvgIpc) is 3.27. The zero-order valence-electron chi connectivity index (χ0n) is 13.3. The van der Waals surface area contributed by atoms with Gasteiger partial charge in [-0.2, -0.15) is 0 Å². The van der Waals surface area contributed by atoms with E-state index in [4.69, 9.17) is 4.74 Å². The molecule has 6 heteroatoms. The number of thiophene rings is 1. The number of benzene rings is 1. The second kappa shape index (κ2) is 8.65. The minimum atomic E-state index is -0.261. The van der Waals surface area contributed by atoms with Gasteiger partial charge < -0.3 is 9.64 Å². The van der Waals surface area contributed by atoms with Crippen LogP contribution in [0.25, 0.3) is 0 Å². The molecule has 2 heterocycles. The Labute approximate surface area is 149 Å². The predicted octanol–water partition coefficient (Wildman–Crippen LogP) is 4.19. The quantitative estimate of drug-likeness (QED) is 0.689. The smallest absolute Gasteiger partial charge is 0.233 e. The van der Waals surface area contributed by atoms with Gasteiger partial charge in [0.15, 0.2) is 0 Å². The molecule has 1 aromatic heterocycles. The molecular weight excluding hydrogens is 345 g/mol. The normalized spacial score (nSPS) is 17.1. The number of rotatable bonds is 7. The Kier molecular flexibility index (Phi) is 6.29. The van der Waals surface area contributed by atoms with Crippen LogP contribution in [-0.2, 0) is 16.1 Å². The van der Waals surface area contributed by atoms with E-state index >= 15 is 0 Å². The molecule has 1 saturated heterocycles. The molecular formula is C18H20FNO2S2. The minimum Gasteiger partial charge on any atom is -0.376 e. The van der Waals surface area contributed by atoms with Gasteiger partial charge in [0, 0.05) is 22.9 Å². The van der Waals surface area contributed by atoms with Crippen molar-refractivity contribution in [3.05, 3.63) is 52.5 Å². The first-order chi connectivity index (χ1) is 11.7. The van der Waals surface area contributed by atoms with E-state index in [0.29, 0.717) is 18.8 Å². The number of hydrogen-bond donors (Lipinski definition) is 0. The molecule has 0 spiro atoms. The van der Waals surface area contributed by atoms with Crippen molar-refractivity contribution in [2.24, 2.45) is 0 Å². The second-order valence-electron chi connectivity index (χ2n) is 5.73. The standard InChI is InChI=1S/C18H20FNO2S2/c19-14-5-7-16(8-6-14)24-13-18(21)20(11-15-3-1-9-22-15)12-17-4-2-10-23-17/h2,4-8,10,15H,1,3,9,11-13H2. The maximum absolute atomic E-state index is 13.0. The second-order valence-corrected chi connectivity index (χ2v) is 7.81. The third-order valence-electron chi connectivity index (χ3n) is 3.90. The number of hydrogen-bond acceptors (Lipinski definition) is 4. The van der Waals surface area contributed by atoms with Gasteiger partial charge in [-0.25, -0.2) is 4.39 Å². The maximum atomic E-state index is 13.0. The molecule has 128 valence electrons. The van der Waals surface area contributed by atoms with Gasteiger partial charge in [0.2, 0.25) is 5.91 Å². The summed E-state index contributed by atoms with van der Waals surface area (Å²) in [5.41, 5.74) is 0. The predicted molar refractivity (Wildman–Crippen MR) is 95.8 cm³/mol. The lowest BCUT2D eigenvalue weighted by molar-refractivity contribution is -0.130. The van der Waals surface area contributed by atoms with Crippen LogP contribution in [0, 0.1) is 5.82 Å². The number of ether oxygens (including phenoxy) is 1. The van der Waals surface area contributed by atoms with Crippen molar-refractivity contribution in [1.82, 2.24) is 4.90 Å². The van der Waals surface area contributed by atoms with Crippen LogP contribution in [0.4, 0.5) is 4.39 Å². The zero-order chi connectivity index (χ0) is 16.8. The number of nitrogens with zero attached hydrogens (tertiary/aromatic N) is 1. The summed E-state index contributed by atoms with van der Waals surface area (Å²) in [4.78, 5) is 16.6.